The SMILES string of the molecule is C#CC(CCC)NCC(=O)N(C)C1CC1. The van der Waals surface area contributed by atoms with Gasteiger partial charge in [0.2, 0.25) is 5.91 Å². The third-order valence-corrected chi connectivity index (χ3v) is 2.77. The Hall–Kier alpha value is -1.01. The second-order valence-electron chi connectivity index (χ2n) is 4.12. The summed E-state index contributed by atoms with van der Waals surface area (Å²) in [6.45, 7) is 2.45. The molecule has 0 aromatic carbocycles. The van der Waals surface area contributed by atoms with Crippen LogP contribution in [0.25, 0.3) is 0 Å². The maximum atomic E-state index is 11.6. The molecule has 1 aliphatic carbocycles. The Morgan fingerprint density at radius 2 is 2.33 bits per heavy atom. The van der Waals surface area contributed by atoms with Gasteiger partial charge in [-0.2, -0.15) is 0 Å². The minimum atomic E-state index is 0.0338. The molecule has 1 fully saturated rings. The molecule has 0 aromatic rings. The van der Waals surface area contributed by atoms with Crippen molar-refractivity contribution in [1.29, 1.82) is 0 Å². The van der Waals surface area contributed by atoms with Crippen LogP contribution in [-0.4, -0.2) is 36.5 Å². The maximum absolute atomic E-state index is 11.6. The van der Waals surface area contributed by atoms with Gasteiger partial charge in [0, 0.05) is 13.1 Å². The van der Waals surface area contributed by atoms with Gasteiger partial charge < -0.3 is 4.90 Å². The van der Waals surface area contributed by atoms with Gasteiger partial charge in [0.25, 0.3) is 0 Å². The Labute approximate surface area is 92.2 Å². The van der Waals surface area contributed by atoms with Crippen molar-refractivity contribution >= 4 is 5.91 Å². The highest BCUT2D eigenvalue weighted by Crippen LogP contribution is 2.25. The standard InChI is InChI=1S/C12H20N2O/c1-4-6-10(5-2)13-9-12(15)14(3)11-7-8-11/h2,10-11,13H,4,6-9H2,1,3H3. The van der Waals surface area contributed by atoms with Crippen molar-refractivity contribution in [3.8, 4) is 12.3 Å². The van der Waals surface area contributed by atoms with Gasteiger partial charge in [-0.15, -0.1) is 6.42 Å². The molecule has 1 atom stereocenters. The van der Waals surface area contributed by atoms with Crippen molar-refractivity contribution in [2.24, 2.45) is 0 Å². The summed E-state index contributed by atoms with van der Waals surface area (Å²) >= 11 is 0. The summed E-state index contributed by atoms with van der Waals surface area (Å²) in [5, 5.41) is 3.11. The molecule has 0 radical (unpaired) electrons. The van der Waals surface area contributed by atoms with Crippen LogP contribution in [0.1, 0.15) is 32.6 Å². The minimum absolute atomic E-state index is 0.0338. The molecule has 1 unspecified atom stereocenters. The monoisotopic (exact) mass is 208 g/mol. The summed E-state index contributed by atoms with van der Waals surface area (Å²) in [6, 6.07) is 0.515. The van der Waals surface area contributed by atoms with E-state index >= 15 is 0 Å². The number of terminal acetylenes is 1. The highest BCUT2D eigenvalue weighted by molar-refractivity contribution is 5.78. The normalized spacial score (nSPS) is 16.9. The zero-order chi connectivity index (χ0) is 11.3. The van der Waals surface area contributed by atoms with Gasteiger partial charge in [0.05, 0.1) is 12.6 Å². The molecule has 1 rings (SSSR count). The molecule has 0 saturated heterocycles. The van der Waals surface area contributed by atoms with Crippen molar-refractivity contribution in [1.82, 2.24) is 10.2 Å². The predicted octanol–water partition coefficient (Wildman–Crippen LogP) is 0.999. The minimum Gasteiger partial charge on any atom is -0.342 e. The van der Waals surface area contributed by atoms with Crippen molar-refractivity contribution in [3.05, 3.63) is 0 Å². The number of carbonyl (C=O) groups is 1. The maximum Gasteiger partial charge on any atom is 0.236 e. The molecule has 0 bridgehead atoms. The number of carbonyl (C=O) groups excluding carboxylic acids is 1. The molecule has 15 heavy (non-hydrogen) atoms. The Kier molecular flexibility index (Phi) is 4.64. The van der Waals surface area contributed by atoms with E-state index in [1.54, 1.807) is 0 Å². The van der Waals surface area contributed by atoms with E-state index in [4.69, 9.17) is 6.42 Å². The van der Waals surface area contributed by atoms with E-state index in [0.717, 1.165) is 25.7 Å². The molecule has 1 N–H and O–H groups in total. The second-order valence-corrected chi connectivity index (χ2v) is 4.12. The van der Waals surface area contributed by atoms with E-state index in [1.807, 2.05) is 11.9 Å². The van der Waals surface area contributed by atoms with Gasteiger partial charge in [-0.25, -0.2) is 0 Å². The lowest BCUT2D eigenvalue weighted by molar-refractivity contribution is -0.129. The summed E-state index contributed by atoms with van der Waals surface area (Å²) in [7, 11) is 1.87. The second kappa shape index (κ2) is 5.77. The Balaban J connectivity index is 2.22. The number of nitrogens with one attached hydrogen (secondary N) is 1. The Morgan fingerprint density at radius 3 is 2.80 bits per heavy atom. The van der Waals surface area contributed by atoms with Crippen LogP contribution in [0.15, 0.2) is 0 Å². The van der Waals surface area contributed by atoms with Crippen molar-refractivity contribution in [2.75, 3.05) is 13.6 Å². The summed E-state index contributed by atoms with van der Waals surface area (Å²) in [5.41, 5.74) is 0. The molecule has 3 nitrogen and oxygen atoms in total. The molecule has 84 valence electrons. The third-order valence-electron chi connectivity index (χ3n) is 2.77. The smallest absolute Gasteiger partial charge is 0.236 e. The average Bonchev–Trinajstić information content (AvgIpc) is 3.06. The number of likely N-dealkylation sites (N-methyl/N-ethyl adjacent to an activating group) is 1. The molecule has 1 aliphatic rings. The van der Waals surface area contributed by atoms with Gasteiger partial charge in [-0.3, -0.25) is 10.1 Å². The number of nitrogens with zero attached hydrogens (tertiary/aromatic N) is 1. The van der Waals surface area contributed by atoms with E-state index < -0.39 is 0 Å². The Bertz CT molecular complexity index is 253. The molecular formula is C12H20N2O. The summed E-state index contributed by atoms with van der Waals surface area (Å²) in [6.07, 6.45) is 9.62. The first kappa shape index (κ1) is 12.1. The van der Waals surface area contributed by atoms with Crippen LogP contribution in [0, 0.1) is 12.3 Å². The van der Waals surface area contributed by atoms with Crippen LogP contribution >= 0.6 is 0 Å². The van der Waals surface area contributed by atoms with E-state index in [2.05, 4.69) is 18.2 Å². The van der Waals surface area contributed by atoms with Crippen molar-refractivity contribution in [3.63, 3.8) is 0 Å². The molecule has 3 heteroatoms. The van der Waals surface area contributed by atoms with Crippen LogP contribution in [0.3, 0.4) is 0 Å². The first-order valence-electron chi connectivity index (χ1n) is 5.64. The largest absolute Gasteiger partial charge is 0.342 e. The van der Waals surface area contributed by atoms with Gasteiger partial charge >= 0.3 is 0 Å². The van der Waals surface area contributed by atoms with E-state index in [9.17, 15) is 4.79 Å². The van der Waals surface area contributed by atoms with Gasteiger partial charge in [0.15, 0.2) is 0 Å². The predicted molar refractivity (Wildman–Crippen MR) is 61.3 cm³/mol. The van der Waals surface area contributed by atoms with Gasteiger partial charge in [-0.1, -0.05) is 19.3 Å². The highest BCUT2D eigenvalue weighted by atomic mass is 16.2. The number of rotatable bonds is 6. The molecule has 0 aromatic heterocycles. The van der Waals surface area contributed by atoms with Crippen LogP contribution in [0.2, 0.25) is 0 Å². The number of amides is 1. The zero-order valence-corrected chi connectivity index (χ0v) is 9.62. The van der Waals surface area contributed by atoms with Gasteiger partial charge in [-0.05, 0) is 19.3 Å². The molecule has 0 aliphatic heterocycles. The fourth-order valence-corrected chi connectivity index (χ4v) is 1.53. The average molecular weight is 208 g/mol. The van der Waals surface area contributed by atoms with E-state index in [0.29, 0.717) is 12.6 Å². The van der Waals surface area contributed by atoms with Crippen molar-refractivity contribution < 1.29 is 4.79 Å². The molecule has 1 saturated carbocycles. The van der Waals surface area contributed by atoms with Crippen LogP contribution in [0.4, 0.5) is 0 Å². The molecule has 0 heterocycles. The molecular weight excluding hydrogens is 188 g/mol. The lowest BCUT2D eigenvalue weighted by Gasteiger charge is -2.18. The summed E-state index contributed by atoms with van der Waals surface area (Å²) < 4.78 is 0. The van der Waals surface area contributed by atoms with Gasteiger partial charge in [0.1, 0.15) is 0 Å². The number of hydrogen-bond donors (Lipinski definition) is 1. The van der Waals surface area contributed by atoms with Crippen molar-refractivity contribution in [2.45, 2.75) is 44.7 Å². The topological polar surface area (TPSA) is 32.3 Å². The first-order chi connectivity index (χ1) is 7.19. The third kappa shape index (κ3) is 3.93. The molecule has 1 amide bonds. The fourth-order valence-electron chi connectivity index (χ4n) is 1.53. The molecule has 0 spiro atoms. The van der Waals surface area contributed by atoms with E-state index in [1.165, 1.54) is 0 Å². The zero-order valence-electron chi connectivity index (χ0n) is 9.62. The van der Waals surface area contributed by atoms with Crippen LogP contribution in [-0.2, 0) is 4.79 Å². The van der Waals surface area contributed by atoms with Crippen LogP contribution in [0.5, 0.6) is 0 Å². The van der Waals surface area contributed by atoms with Crippen LogP contribution < -0.4 is 5.32 Å². The number of hydrogen-bond acceptors (Lipinski definition) is 2. The summed E-state index contributed by atoms with van der Waals surface area (Å²) in [4.78, 5) is 13.5. The fraction of sp³-hybridized carbons (Fsp3) is 0.750. The Morgan fingerprint density at radius 1 is 1.67 bits per heavy atom. The summed E-state index contributed by atoms with van der Waals surface area (Å²) in [5.74, 6) is 2.81. The lowest BCUT2D eigenvalue weighted by Crippen LogP contribution is -2.40. The lowest BCUT2D eigenvalue weighted by atomic mass is 10.2. The first-order valence-corrected chi connectivity index (χ1v) is 5.64. The van der Waals surface area contributed by atoms with E-state index in [-0.39, 0.29) is 11.9 Å². The quantitative estimate of drug-likeness (QED) is 0.660. The highest BCUT2D eigenvalue weighted by Gasteiger charge is 2.29.